The Morgan fingerprint density at radius 1 is 0.524 bits per heavy atom. The van der Waals surface area contributed by atoms with E-state index in [2.05, 4.69) is 68.7 Å². The van der Waals surface area contributed by atoms with Gasteiger partial charge in [-0.2, -0.15) is 29.9 Å². The van der Waals surface area contributed by atoms with E-state index in [9.17, 15) is 19.2 Å². The predicted octanol–water partition coefficient (Wildman–Crippen LogP) is 9.04. The highest BCUT2D eigenvalue weighted by Crippen LogP contribution is 2.30. The molecule has 14 N–H and O–H groups in total. The molecular weight excluding hydrogens is 805 g/mol. The summed E-state index contributed by atoms with van der Waals surface area (Å²) in [5, 5.41) is 14.5. The van der Waals surface area contributed by atoms with Gasteiger partial charge in [0.05, 0.1) is 0 Å². The van der Waals surface area contributed by atoms with Crippen molar-refractivity contribution in [2.45, 2.75) is 130 Å². The summed E-state index contributed by atoms with van der Waals surface area (Å²) in [6.45, 7) is 5.91. The lowest BCUT2D eigenvalue weighted by atomic mass is 9.85. The van der Waals surface area contributed by atoms with Gasteiger partial charge in [-0.25, -0.2) is 19.2 Å². The molecule has 2 aromatic heterocycles. The molecule has 20 heteroatoms. The Labute approximate surface area is 368 Å². The van der Waals surface area contributed by atoms with Crippen LogP contribution in [0.3, 0.4) is 0 Å². The van der Waals surface area contributed by atoms with Crippen molar-refractivity contribution in [2.75, 3.05) is 43.4 Å². The number of nitrogen functional groups attached to an aromatic ring is 2. The average Bonchev–Trinajstić information content (AvgIpc) is 3.21. The highest BCUT2D eigenvalue weighted by Gasteiger charge is 2.15. The molecule has 0 atom stereocenters. The molecule has 2 heterocycles. The first-order valence-corrected chi connectivity index (χ1v) is 21.8. The molecule has 0 bridgehead atoms. The van der Waals surface area contributed by atoms with Gasteiger partial charge in [-0.15, -0.1) is 0 Å². The third kappa shape index (κ3) is 18.3. The molecule has 340 valence electrons. The van der Waals surface area contributed by atoms with E-state index in [0.29, 0.717) is 11.4 Å². The second kappa shape index (κ2) is 25.8. The molecule has 2 aromatic carbocycles. The average molecular weight is 869 g/mol. The highest BCUT2D eigenvalue weighted by atomic mass is 16.2. The summed E-state index contributed by atoms with van der Waals surface area (Å²) in [6, 6.07) is 7.60. The molecule has 1 aliphatic carbocycles. The normalized spacial score (nSPS) is 12.3. The van der Waals surface area contributed by atoms with E-state index < -0.39 is 24.1 Å². The Balaban J connectivity index is 0.000000384. The molecule has 1 saturated carbocycles. The first-order valence-electron chi connectivity index (χ1n) is 21.8. The van der Waals surface area contributed by atoms with Gasteiger partial charge >= 0.3 is 24.1 Å². The van der Waals surface area contributed by atoms with E-state index in [0.717, 1.165) is 28.2 Å². The Morgan fingerprint density at radius 2 is 0.905 bits per heavy atom. The summed E-state index contributed by atoms with van der Waals surface area (Å²) in [5.41, 5.74) is 25.4. The lowest BCUT2D eigenvalue weighted by Gasteiger charge is -2.21. The number of aryl methyl sites for hydroxylation is 2. The zero-order valence-corrected chi connectivity index (χ0v) is 36.7. The standard InChI is InChI=1S/C24H26N16O4.C19H38/c1-9-7-11(3-5-13(9)29-23(43)39-21-33-15(25)31-19(37-21)35-17(27)41)12-4-6-14(10(2)8-12)30-24(44)40-22-34-16(26)32-20(38-22)36-18(28)42;1-2-3-4-5-6-7-8-9-10-11-13-16-19-17-14-12-15-18-19/h3-8H,1-2H3,(H7,25,27,29,31,33,35,37,39,41,43)(H7,26,28,30,32,34,36,38,40,42,44);19H,2-18H2,1H3. The van der Waals surface area contributed by atoms with Crippen LogP contribution in [0.1, 0.15) is 127 Å². The molecule has 4 aromatic rings. The lowest BCUT2D eigenvalue weighted by Crippen LogP contribution is -2.24. The number of benzene rings is 2. The summed E-state index contributed by atoms with van der Waals surface area (Å²) in [7, 11) is 0. The van der Waals surface area contributed by atoms with Crippen molar-refractivity contribution >= 4 is 71.2 Å². The predicted molar refractivity (Wildman–Crippen MR) is 249 cm³/mol. The number of nitrogens with zero attached hydrogens (tertiary/aromatic N) is 6. The number of unbranched alkanes of at least 4 members (excludes halogenated alkanes) is 10. The van der Waals surface area contributed by atoms with Crippen LogP contribution in [0.4, 0.5) is 66.2 Å². The largest absolute Gasteiger partial charge is 0.368 e. The Hall–Kier alpha value is -6.86. The number of anilines is 8. The van der Waals surface area contributed by atoms with E-state index in [1.165, 1.54) is 109 Å². The summed E-state index contributed by atoms with van der Waals surface area (Å²) in [5.74, 6) is -0.220. The van der Waals surface area contributed by atoms with Crippen molar-refractivity contribution in [3.05, 3.63) is 47.5 Å². The van der Waals surface area contributed by atoms with E-state index >= 15 is 0 Å². The number of hydrogen-bond acceptors (Lipinski definition) is 12. The smallest absolute Gasteiger partial charge is 0.326 e. The van der Waals surface area contributed by atoms with Crippen molar-refractivity contribution in [2.24, 2.45) is 17.4 Å². The van der Waals surface area contributed by atoms with Gasteiger partial charge in [0.25, 0.3) is 0 Å². The zero-order chi connectivity index (χ0) is 45.6. The van der Waals surface area contributed by atoms with Crippen LogP contribution >= 0.6 is 0 Å². The molecule has 1 fully saturated rings. The van der Waals surface area contributed by atoms with Gasteiger partial charge in [-0.3, -0.25) is 21.3 Å². The number of carbonyl (C=O) groups is 4. The van der Waals surface area contributed by atoms with E-state index in [4.69, 9.17) is 22.9 Å². The molecule has 8 amide bonds. The van der Waals surface area contributed by atoms with Crippen LogP contribution in [0.15, 0.2) is 36.4 Å². The van der Waals surface area contributed by atoms with Crippen LogP contribution in [0, 0.1) is 19.8 Å². The maximum absolute atomic E-state index is 12.5. The van der Waals surface area contributed by atoms with Gasteiger partial charge in [0.2, 0.25) is 35.7 Å². The topological polar surface area (TPSA) is 322 Å². The molecule has 0 unspecified atom stereocenters. The van der Waals surface area contributed by atoms with Crippen molar-refractivity contribution in [3.8, 4) is 11.1 Å². The number of nitrogens with two attached hydrogens (primary N) is 4. The summed E-state index contributed by atoms with van der Waals surface area (Å²) >= 11 is 0. The fourth-order valence-corrected chi connectivity index (χ4v) is 7.28. The van der Waals surface area contributed by atoms with Crippen molar-refractivity contribution in [1.82, 2.24) is 29.9 Å². The Morgan fingerprint density at radius 3 is 1.29 bits per heavy atom. The molecular formula is C43H64N16O4. The number of carbonyl (C=O) groups excluding carboxylic acids is 4. The minimum Gasteiger partial charge on any atom is -0.368 e. The van der Waals surface area contributed by atoms with Gasteiger partial charge in [0.1, 0.15) is 0 Å². The van der Waals surface area contributed by atoms with E-state index in [-0.39, 0.29) is 35.7 Å². The maximum atomic E-state index is 12.5. The first kappa shape index (κ1) is 48.8. The molecule has 1 aliphatic rings. The summed E-state index contributed by atoms with van der Waals surface area (Å²) in [6.07, 6.45) is 25.4. The number of primary amides is 2. The number of rotatable bonds is 19. The Bertz CT molecular complexity index is 2000. The van der Waals surface area contributed by atoms with Crippen LogP contribution in [0.2, 0.25) is 0 Å². The van der Waals surface area contributed by atoms with Gasteiger partial charge in [-0.05, 0) is 66.3 Å². The number of nitrogens with one attached hydrogen (secondary N) is 6. The molecule has 0 saturated heterocycles. The van der Waals surface area contributed by atoms with E-state index in [1.807, 2.05) is 12.1 Å². The number of urea groups is 4. The second-order valence-corrected chi connectivity index (χ2v) is 15.7. The quantitative estimate of drug-likeness (QED) is 0.0395. The highest BCUT2D eigenvalue weighted by molar-refractivity contribution is 6.00. The second-order valence-electron chi connectivity index (χ2n) is 15.7. The van der Waals surface area contributed by atoms with Crippen LogP contribution in [-0.4, -0.2) is 54.0 Å². The fraction of sp³-hybridized carbons (Fsp3) is 0.488. The van der Waals surface area contributed by atoms with Crippen molar-refractivity contribution < 1.29 is 19.2 Å². The van der Waals surface area contributed by atoms with Crippen molar-refractivity contribution in [3.63, 3.8) is 0 Å². The SMILES string of the molecule is CCCCCCCCCCCCCC1CCCCC1.Cc1cc(-c2ccc(NC(=O)Nc3nc(N)nc(NC(N)=O)n3)c(C)c2)ccc1NC(=O)Nc1nc(N)nc(NC(N)=O)n1. The third-order valence-electron chi connectivity index (χ3n) is 10.4. The third-order valence-corrected chi connectivity index (χ3v) is 10.4. The molecule has 0 aliphatic heterocycles. The first-order chi connectivity index (χ1) is 30.3. The van der Waals surface area contributed by atoms with E-state index in [1.54, 1.807) is 38.1 Å². The monoisotopic (exact) mass is 869 g/mol. The zero-order valence-electron chi connectivity index (χ0n) is 36.7. The maximum Gasteiger partial charge on any atom is 0.326 e. The molecule has 5 rings (SSSR count). The van der Waals surface area contributed by atoms with Gasteiger partial charge in [0, 0.05) is 11.4 Å². The number of amides is 8. The van der Waals surface area contributed by atoms with Crippen LogP contribution in [-0.2, 0) is 0 Å². The minimum absolute atomic E-state index is 0.201. The fourth-order valence-electron chi connectivity index (χ4n) is 7.28. The lowest BCUT2D eigenvalue weighted by molar-refractivity contribution is 0.258. The number of hydrogen-bond donors (Lipinski definition) is 10. The molecule has 0 radical (unpaired) electrons. The summed E-state index contributed by atoms with van der Waals surface area (Å²) in [4.78, 5) is 69.8. The van der Waals surface area contributed by atoms with Crippen LogP contribution in [0.25, 0.3) is 11.1 Å². The number of aromatic nitrogens is 6. The molecule has 63 heavy (non-hydrogen) atoms. The summed E-state index contributed by atoms with van der Waals surface area (Å²) < 4.78 is 0. The Kier molecular flexibility index (Phi) is 20.0. The molecule has 0 spiro atoms. The van der Waals surface area contributed by atoms with Crippen LogP contribution in [0.5, 0.6) is 0 Å². The van der Waals surface area contributed by atoms with Crippen molar-refractivity contribution in [1.29, 1.82) is 0 Å². The minimum atomic E-state index is -0.911. The van der Waals surface area contributed by atoms with Crippen LogP contribution < -0.4 is 54.8 Å². The van der Waals surface area contributed by atoms with Gasteiger partial charge in [-0.1, -0.05) is 128 Å². The molecule has 20 nitrogen and oxygen atoms in total. The van der Waals surface area contributed by atoms with Gasteiger partial charge in [0.15, 0.2) is 0 Å². The van der Waals surface area contributed by atoms with Gasteiger partial charge < -0.3 is 33.6 Å².